The zero-order chi connectivity index (χ0) is 15.1. The SMILES string of the molecule is O=C(COC(=O)C=Cc1ccc(Br)o1)NCc1ccco1. The quantitative estimate of drug-likeness (QED) is 0.637. The molecule has 0 atom stereocenters. The predicted octanol–water partition coefficient (Wildman–Crippen LogP) is 2.51. The summed E-state index contributed by atoms with van der Waals surface area (Å²) >= 11 is 3.15. The Morgan fingerprint density at radius 2 is 2.19 bits per heavy atom. The van der Waals surface area contributed by atoms with Crippen molar-refractivity contribution in [3.05, 3.63) is 52.8 Å². The van der Waals surface area contributed by atoms with E-state index in [0.29, 0.717) is 16.2 Å². The first-order valence-electron chi connectivity index (χ1n) is 6.03. The van der Waals surface area contributed by atoms with Crippen LogP contribution in [0.1, 0.15) is 11.5 Å². The second kappa shape index (κ2) is 7.49. The minimum atomic E-state index is -0.629. The number of hydrogen-bond donors (Lipinski definition) is 1. The number of carbonyl (C=O) groups excluding carboxylic acids is 2. The highest BCUT2D eigenvalue weighted by molar-refractivity contribution is 9.10. The van der Waals surface area contributed by atoms with Crippen molar-refractivity contribution in [2.75, 3.05) is 6.61 Å². The van der Waals surface area contributed by atoms with Gasteiger partial charge >= 0.3 is 5.97 Å². The molecule has 2 aromatic heterocycles. The largest absolute Gasteiger partial charge is 0.467 e. The molecule has 2 rings (SSSR count). The number of hydrogen-bond acceptors (Lipinski definition) is 5. The smallest absolute Gasteiger partial charge is 0.331 e. The molecule has 1 N–H and O–H groups in total. The van der Waals surface area contributed by atoms with Gasteiger partial charge in [-0.25, -0.2) is 4.79 Å². The summed E-state index contributed by atoms with van der Waals surface area (Å²) in [5.41, 5.74) is 0. The molecule has 0 spiro atoms. The van der Waals surface area contributed by atoms with Gasteiger partial charge in [0.25, 0.3) is 5.91 Å². The summed E-state index contributed by atoms with van der Waals surface area (Å²) in [6.45, 7) is -0.106. The van der Waals surface area contributed by atoms with Crippen molar-refractivity contribution < 1.29 is 23.2 Å². The minimum absolute atomic E-state index is 0.250. The molecule has 7 heteroatoms. The summed E-state index contributed by atoms with van der Waals surface area (Å²) in [5.74, 6) is 0.0867. The van der Waals surface area contributed by atoms with E-state index >= 15 is 0 Å². The highest BCUT2D eigenvalue weighted by Crippen LogP contribution is 2.14. The Morgan fingerprint density at radius 1 is 1.33 bits per heavy atom. The molecule has 0 saturated carbocycles. The van der Waals surface area contributed by atoms with Gasteiger partial charge in [-0.15, -0.1) is 0 Å². The van der Waals surface area contributed by atoms with Crippen molar-refractivity contribution in [3.8, 4) is 0 Å². The first-order valence-corrected chi connectivity index (χ1v) is 6.82. The molecule has 2 heterocycles. The van der Waals surface area contributed by atoms with Gasteiger partial charge < -0.3 is 18.9 Å². The Kier molecular flexibility index (Phi) is 5.39. The van der Waals surface area contributed by atoms with E-state index in [1.165, 1.54) is 18.4 Å². The maximum absolute atomic E-state index is 11.4. The fourth-order valence-electron chi connectivity index (χ4n) is 1.40. The monoisotopic (exact) mass is 353 g/mol. The van der Waals surface area contributed by atoms with E-state index in [4.69, 9.17) is 13.6 Å². The van der Waals surface area contributed by atoms with Crippen LogP contribution in [0.3, 0.4) is 0 Å². The molecule has 0 aromatic carbocycles. The fraction of sp³-hybridized carbons (Fsp3) is 0.143. The molecular formula is C14H12BrNO5. The van der Waals surface area contributed by atoms with Crippen molar-refractivity contribution in [2.45, 2.75) is 6.54 Å². The van der Waals surface area contributed by atoms with Crippen molar-refractivity contribution in [2.24, 2.45) is 0 Å². The van der Waals surface area contributed by atoms with Crippen LogP contribution in [0, 0.1) is 0 Å². The summed E-state index contributed by atoms with van der Waals surface area (Å²) < 4.78 is 15.6. The number of rotatable bonds is 6. The molecule has 1 amide bonds. The van der Waals surface area contributed by atoms with Crippen LogP contribution < -0.4 is 5.32 Å². The third-order valence-electron chi connectivity index (χ3n) is 2.36. The second-order valence-corrected chi connectivity index (χ2v) is 4.72. The fourth-order valence-corrected chi connectivity index (χ4v) is 1.72. The van der Waals surface area contributed by atoms with Gasteiger partial charge in [-0.2, -0.15) is 0 Å². The molecular weight excluding hydrogens is 342 g/mol. The molecule has 110 valence electrons. The summed E-state index contributed by atoms with van der Waals surface area (Å²) in [6, 6.07) is 6.84. The lowest BCUT2D eigenvalue weighted by Crippen LogP contribution is -2.27. The average Bonchev–Trinajstić information content (AvgIpc) is 3.12. The van der Waals surface area contributed by atoms with E-state index in [9.17, 15) is 9.59 Å². The Hall–Kier alpha value is -2.28. The average molecular weight is 354 g/mol. The molecule has 0 radical (unpaired) electrons. The maximum Gasteiger partial charge on any atom is 0.331 e. The zero-order valence-corrected chi connectivity index (χ0v) is 12.5. The summed E-state index contributed by atoms with van der Waals surface area (Å²) in [4.78, 5) is 22.8. The molecule has 21 heavy (non-hydrogen) atoms. The molecule has 6 nitrogen and oxygen atoms in total. The van der Waals surface area contributed by atoms with Crippen LogP contribution in [-0.2, 0) is 20.9 Å². The molecule has 0 aliphatic heterocycles. The Labute approximate surface area is 128 Å². The molecule has 0 aliphatic rings. The van der Waals surface area contributed by atoms with Crippen LogP contribution in [0.15, 0.2) is 50.1 Å². The number of amides is 1. The summed E-state index contributed by atoms with van der Waals surface area (Å²) in [7, 11) is 0. The predicted molar refractivity (Wildman–Crippen MR) is 77.0 cm³/mol. The van der Waals surface area contributed by atoms with E-state index in [1.54, 1.807) is 24.3 Å². The third kappa shape index (κ3) is 5.31. The molecule has 0 aliphatic carbocycles. The van der Waals surface area contributed by atoms with Gasteiger partial charge in [-0.1, -0.05) is 0 Å². The summed E-state index contributed by atoms with van der Waals surface area (Å²) in [5, 5.41) is 2.56. The van der Waals surface area contributed by atoms with Crippen LogP contribution in [0.2, 0.25) is 0 Å². The molecule has 0 bridgehead atoms. The number of nitrogens with one attached hydrogen (secondary N) is 1. The Bertz CT molecular complexity index is 630. The van der Waals surface area contributed by atoms with E-state index < -0.39 is 11.9 Å². The van der Waals surface area contributed by atoms with Gasteiger partial charge in [-0.05, 0) is 46.3 Å². The minimum Gasteiger partial charge on any atom is -0.467 e. The van der Waals surface area contributed by atoms with Crippen LogP contribution in [0.4, 0.5) is 0 Å². The maximum atomic E-state index is 11.4. The Morgan fingerprint density at radius 3 is 2.86 bits per heavy atom. The Balaban J connectivity index is 1.68. The lowest BCUT2D eigenvalue weighted by atomic mass is 10.4. The van der Waals surface area contributed by atoms with Crippen LogP contribution in [0.25, 0.3) is 6.08 Å². The summed E-state index contributed by atoms with van der Waals surface area (Å²) in [6.07, 6.45) is 4.15. The molecule has 0 fully saturated rings. The lowest BCUT2D eigenvalue weighted by Gasteiger charge is -2.03. The first-order chi connectivity index (χ1) is 10.1. The van der Waals surface area contributed by atoms with Crippen molar-refractivity contribution in [1.29, 1.82) is 0 Å². The molecule has 0 saturated heterocycles. The normalized spacial score (nSPS) is 10.7. The van der Waals surface area contributed by atoms with Crippen LogP contribution in [0.5, 0.6) is 0 Å². The van der Waals surface area contributed by atoms with Crippen molar-refractivity contribution in [1.82, 2.24) is 5.32 Å². The van der Waals surface area contributed by atoms with E-state index in [-0.39, 0.29) is 13.2 Å². The third-order valence-corrected chi connectivity index (χ3v) is 2.79. The molecule has 2 aromatic rings. The highest BCUT2D eigenvalue weighted by Gasteiger charge is 2.06. The molecule has 0 unspecified atom stereocenters. The van der Waals surface area contributed by atoms with Gasteiger partial charge in [0, 0.05) is 6.08 Å². The number of halogens is 1. The highest BCUT2D eigenvalue weighted by atomic mass is 79.9. The first kappa shape index (κ1) is 15.1. The lowest BCUT2D eigenvalue weighted by molar-refractivity contribution is -0.143. The number of furan rings is 2. The van der Waals surface area contributed by atoms with E-state index in [2.05, 4.69) is 21.2 Å². The van der Waals surface area contributed by atoms with Crippen molar-refractivity contribution >= 4 is 33.9 Å². The van der Waals surface area contributed by atoms with Crippen LogP contribution >= 0.6 is 15.9 Å². The van der Waals surface area contributed by atoms with Crippen LogP contribution in [-0.4, -0.2) is 18.5 Å². The number of carbonyl (C=O) groups is 2. The van der Waals surface area contributed by atoms with E-state index in [1.807, 2.05) is 0 Å². The van der Waals surface area contributed by atoms with Gasteiger partial charge in [0.15, 0.2) is 11.3 Å². The standard InChI is InChI=1S/C14H12BrNO5/c15-12-5-3-10(21-12)4-6-14(18)20-9-13(17)16-8-11-2-1-7-19-11/h1-7H,8-9H2,(H,16,17). The van der Waals surface area contributed by atoms with Crippen molar-refractivity contribution in [3.63, 3.8) is 0 Å². The number of ether oxygens (including phenoxy) is 1. The van der Waals surface area contributed by atoms with Gasteiger partial charge in [0.1, 0.15) is 11.5 Å². The van der Waals surface area contributed by atoms with Gasteiger partial charge in [0.2, 0.25) is 0 Å². The second-order valence-electron chi connectivity index (χ2n) is 3.94. The topological polar surface area (TPSA) is 81.7 Å². The van der Waals surface area contributed by atoms with Gasteiger partial charge in [-0.3, -0.25) is 4.79 Å². The zero-order valence-electron chi connectivity index (χ0n) is 10.9. The van der Waals surface area contributed by atoms with E-state index in [0.717, 1.165) is 0 Å². The number of esters is 1. The van der Waals surface area contributed by atoms with Gasteiger partial charge in [0.05, 0.1) is 12.8 Å².